The van der Waals surface area contributed by atoms with Crippen molar-refractivity contribution in [3.05, 3.63) is 57.6 Å². The molecule has 152 valence electrons. The van der Waals surface area contributed by atoms with Gasteiger partial charge in [0.15, 0.2) is 0 Å². The summed E-state index contributed by atoms with van der Waals surface area (Å²) in [7, 11) is -3.46. The predicted octanol–water partition coefficient (Wildman–Crippen LogP) is 4.58. The van der Waals surface area contributed by atoms with E-state index in [9.17, 15) is 13.2 Å². The fourth-order valence-corrected chi connectivity index (χ4v) is 4.64. The molecule has 0 saturated heterocycles. The fraction of sp³-hybridized carbons (Fsp3) is 0.381. The van der Waals surface area contributed by atoms with Crippen LogP contribution in [0, 0.1) is 6.92 Å². The Morgan fingerprint density at radius 3 is 2.39 bits per heavy atom. The van der Waals surface area contributed by atoms with Gasteiger partial charge in [0.05, 0.1) is 4.90 Å². The van der Waals surface area contributed by atoms with E-state index in [-0.39, 0.29) is 10.8 Å². The van der Waals surface area contributed by atoms with Crippen molar-refractivity contribution in [1.82, 2.24) is 4.72 Å². The topological polar surface area (TPSA) is 75.3 Å². The highest BCUT2D eigenvalue weighted by Crippen LogP contribution is 2.26. The average Bonchev–Trinajstić information content (AvgIpc) is 2.67. The molecule has 7 heteroatoms. The first-order chi connectivity index (χ1) is 13.3. The number of anilines is 1. The van der Waals surface area contributed by atoms with Crippen LogP contribution in [0.2, 0.25) is 0 Å². The number of aryl methyl sites for hydroxylation is 3. The summed E-state index contributed by atoms with van der Waals surface area (Å²) in [6.07, 6.45) is 2.45. The Bertz CT molecular complexity index is 925. The number of benzene rings is 2. The minimum absolute atomic E-state index is 0.0542. The summed E-state index contributed by atoms with van der Waals surface area (Å²) in [5.41, 5.74) is 3.91. The van der Waals surface area contributed by atoms with Gasteiger partial charge in [0.25, 0.3) is 0 Å². The van der Waals surface area contributed by atoms with Gasteiger partial charge in [-0.15, -0.1) is 0 Å². The maximum Gasteiger partial charge on any atom is 0.240 e. The van der Waals surface area contributed by atoms with E-state index in [1.807, 2.05) is 26.0 Å². The molecule has 0 aromatic heterocycles. The molecule has 0 aliphatic rings. The van der Waals surface area contributed by atoms with Crippen molar-refractivity contribution in [3.8, 4) is 0 Å². The lowest BCUT2D eigenvalue weighted by Gasteiger charge is -2.14. The highest BCUT2D eigenvalue weighted by Gasteiger charge is 2.13. The Labute approximate surface area is 176 Å². The molecule has 28 heavy (non-hydrogen) atoms. The summed E-state index contributed by atoms with van der Waals surface area (Å²) in [6, 6.07) is 10.7. The maximum absolute atomic E-state index is 12.4. The number of carbonyl (C=O) groups excluding carboxylic acids is 1. The largest absolute Gasteiger partial charge is 0.326 e. The number of amides is 1. The molecule has 0 spiro atoms. The van der Waals surface area contributed by atoms with Crippen LogP contribution in [0.25, 0.3) is 0 Å². The molecule has 0 saturated carbocycles. The molecule has 0 heterocycles. The number of sulfonamides is 1. The third kappa shape index (κ3) is 6.15. The lowest BCUT2D eigenvalue weighted by atomic mass is 10.1. The SMILES string of the molecule is CCCNS(=O)(=O)c1ccc(CCC(=O)Nc2c(C)cc(Br)cc2CC)cc1. The molecule has 0 radical (unpaired) electrons. The molecular weight excluding hydrogens is 440 g/mol. The van der Waals surface area contributed by atoms with Crippen molar-refractivity contribution in [2.75, 3.05) is 11.9 Å². The summed E-state index contributed by atoms with van der Waals surface area (Å²) in [5.74, 6) is -0.0542. The van der Waals surface area contributed by atoms with Crippen LogP contribution in [-0.4, -0.2) is 20.9 Å². The van der Waals surface area contributed by atoms with E-state index in [4.69, 9.17) is 0 Å². The molecule has 2 rings (SSSR count). The fourth-order valence-electron chi connectivity index (χ4n) is 2.89. The molecule has 0 fully saturated rings. The first kappa shape index (κ1) is 22.6. The zero-order chi connectivity index (χ0) is 20.7. The van der Waals surface area contributed by atoms with Crippen LogP contribution in [0.1, 0.15) is 43.4 Å². The van der Waals surface area contributed by atoms with Crippen LogP contribution >= 0.6 is 15.9 Å². The van der Waals surface area contributed by atoms with Crippen LogP contribution in [0.3, 0.4) is 0 Å². The Morgan fingerprint density at radius 2 is 1.79 bits per heavy atom. The minimum Gasteiger partial charge on any atom is -0.326 e. The van der Waals surface area contributed by atoms with Gasteiger partial charge in [-0.05, 0) is 67.1 Å². The molecule has 0 aliphatic carbocycles. The highest BCUT2D eigenvalue weighted by molar-refractivity contribution is 9.10. The lowest BCUT2D eigenvalue weighted by molar-refractivity contribution is -0.116. The van der Waals surface area contributed by atoms with Crippen molar-refractivity contribution < 1.29 is 13.2 Å². The Kier molecular flexibility index (Phi) is 8.22. The van der Waals surface area contributed by atoms with Crippen molar-refractivity contribution >= 4 is 37.5 Å². The smallest absolute Gasteiger partial charge is 0.240 e. The van der Waals surface area contributed by atoms with Crippen molar-refractivity contribution in [3.63, 3.8) is 0 Å². The van der Waals surface area contributed by atoms with Gasteiger partial charge in [0.2, 0.25) is 15.9 Å². The zero-order valence-electron chi connectivity index (χ0n) is 16.5. The van der Waals surface area contributed by atoms with E-state index < -0.39 is 10.0 Å². The Morgan fingerprint density at radius 1 is 1.11 bits per heavy atom. The summed E-state index contributed by atoms with van der Waals surface area (Å²) in [5, 5.41) is 3.02. The molecule has 2 aromatic carbocycles. The average molecular weight is 467 g/mol. The van der Waals surface area contributed by atoms with Gasteiger partial charge in [0, 0.05) is 23.1 Å². The summed E-state index contributed by atoms with van der Waals surface area (Å²) < 4.78 is 27.8. The third-order valence-corrected chi connectivity index (χ3v) is 6.38. The van der Waals surface area contributed by atoms with E-state index in [0.29, 0.717) is 19.4 Å². The monoisotopic (exact) mass is 466 g/mol. The van der Waals surface area contributed by atoms with Gasteiger partial charge in [-0.1, -0.05) is 41.9 Å². The summed E-state index contributed by atoms with van der Waals surface area (Å²) in [4.78, 5) is 12.6. The number of hydrogen-bond acceptors (Lipinski definition) is 3. The van der Waals surface area contributed by atoms with Crippen LogP contribution in [0.15, 0.2) is 45.8 Å². The van der Waals surface area contributed by atoms with Crippen LogP contribution in [-0.2, 0) is 27.7 Å². The number of rotatable bonds is 9. The second kappa shape index (κ2) is 10.2. The molecule has 1 amide bonds. The van der Waals surface area contributed by atoms with E-state index in [1.54, 1.807) is 24.3 Å². The molecular formula is C21H27BrN2O3S. The quantitative estimate of drug-likeness (QED) is 0.567. The van der Waals surface area contributed by atoms with Crippen LogP contribution in [0.5, 0.6) is 0 Å². The number of hydrogen-bond donors (Lipinski definition) is 2. The predicted molar refractivity (Wildman–Crippen MR) is 117 cm³/mol. The van der Waals surface area contributed by atoms with E-state index in [2.05, 4.69) is 32.9 Å². The summed E-state index contributed by atoms with van der Waals surface area (Å²) in [6.45, 7) is 6.36. The number of halogens is 1. The summed E-state index contributed by atoms with van der Waals surface area (Å²) >= 11 is 3.49. The molecule has 5 nitrogen and oxygen atoms in total. The van der Waals surface area contributed by atoms with Gasteiger partial charge in [-0.3, -0.25) is 4.79 Å². The van der Waals surface area contributed by atoms with Crippen molar-refractivity contribution in [2.24, 2.45) is 0 Å². The first-order valence-electron chi connectivity index (χ1n) is 9.44. The van der Waals surface area contributed by atoms with Gasteiger partial charge in [0.1, 0.15) is 0 Å². The molecule has 2 aromatic rings. The van der Waals surface area contributed by atoms with Gasteiger partial charge in [-0.25, -0.2) is 13.1 Å². The first-order valence-corrected chi connectivity index (χ1v) is 11.7. The van der Waals surface area contributed by atoms with E-state index in [1.165, 1.54) is 0 Å². The third-order valence-electron chi connectivity index (χ3n) is 4.44. The second-order valence-electron chi connectivity index (χ2n) is 6.70. The molecule has 0 bridgehead atoms. The van der Waals surface area contributed by atoms with Gasteiger partial charge < -0.3 is 5.32 Å². The van der Waals surface area contributed by atoms with Gasteiger partial charge in [-0.2, -0.15) is 0 Å². The minimum atomic E-state index is -3.46. The molecule has 0 atom stereocenters. The standard InChI is InChI=1S/C21H27BrN2O3S/c1-4-12-23-28(26,27)19-9-6-16(7-10-19)8-11-20(25)24-21-15(3)13-18(22)14-17(21)5-2/h6-7,9-10,13-14,23H,4-5,8,11-12H2,1-3H3,(H,24,25). The zero-order valence-corrected chi connectivity index (χ0v) is 18.9. The second-order valence-corrected chi connectivity index (χ2v) is 9.38. The normalized spacial score (nSPS) is 11.4. The lowest BCUT2D eigenvalue weighted by Crippen LogP contribution is -2.24. The van der Waals surface area contributed by atoms with Gasteiger partial charge >= 0.3 is 0 Å². The van der Waals surface area contributed by atoms with E-state index in [0.717, 1.165) is 39.7 Å². The molecule has 0 unspecified atom stereocenters. The molecule has 0 aliphatic heterocycles. The van der Waals surface area contributed by atoms with Crippen LogP contribution in [0.4, 0.5) is 5.69 Å². The van der Waals surface area contributed by atoms with E-state index >= 15 is 0 Å². The molecule has 2 N–H and O–H groups in total. The van der Waals surface area contributed by atoms with Crippen molar-refractivity contribution in [1.29, 1.82) is 0 Å². The van der Waals surface area contributed by atoms with Crippen LogP contribution < -0.4 is 10.0 Å². The Balaban J connectivity index is 1.98. The Hall–Kier alpha value is -1.70. The van der Waals surface area contributed by atoms with Crippen molar-refractivity contribution in [2.45, 2.75) is 51.3 Å². The maximum atomic E-state index is 12.4. The number of carbonyl (C=O) groups is 1. The highest BCUT2D eigenvalue weighted by atomic mass is 79.9. The number of nitrogens with one attached hydrogen (secondary N) is 2.